The molecule has 0 unspecified atom stereocenters. The van der Waals surface area contributed by atoms with Crippen molar-refractivity contribution < 1.29 is 22.0 Å². The number of piperazine rings is 1. The van der Waals surface area contributed by atoms with Gasteiger partial charge in [-0.2, -0.15) is 4.98 Å². The number of carbonyl (C=O) groups excluding carboxylic acids is 1. The maximum atomic E-state index is 13.4. The van der Waals surface area contributed by atoms with Gasteiger partial charge >= 0.3 is 0 Å². The number of amides is 1. The number of benzene rings is 1. The summed E-state index contributed by atoms with van der Waals surface area (Å²) in [4.78, 5) is 21.3. The van der Waals surface area contributed by atoms with Crippen LogP contribution in [0.3, 0.4) is 0 Å². The first-order valence-corrected chi connectivity index (χ1v) is 12.3. The van der Waals surface area contributed by atoms with Gasteiger partial charge < -0.3 is 18.6 Å². The summed E-state index contributed by atoms with van der Waals surface area (Å²) < 4.78 is 38.0. The van der Waals surface area contributed by atoms with Crippen molar-refractivity contribution in [3.8, 4) is 10.8 Å². The number of nitrogens with zero attached hydrogens (tertiary/aromatic N) is 3. The van der Waals surface area contributed by atoms with Gasteiger partial charge in [-0.15, -0.1) is 11.3 Å². The molecule has 5 rings (SSSR count). The third-order valence-electron chi connectivity index (χ3n) is 5.21. The maximum absolute atomic E-state index is 13.4. The molecule has 10 heteroatoms. The number of rotatable bonds is 5. The van der Waals surface area contributed by atoms with Crippen LogP contribution in [-0.4, -0.2) is 50.4 Å². The molecule has 0 N–H and O–H groups in total. The highest BCUT2D eigenvalue weighted by atomic mass is 32.2. The largest absolute Gasteiger partial charge is 0.459 e. The van der Waals surface area contributed by atoms with E-state index in [1.165, 1.54) is 17.6 Å². The molecule has 1 aliphatic rings. The van der Waals surface area contributed by atoms with Gasteiger partial charge in [0.05, 0.1) is 16.0 Å². The summed E-state index contributed by atoms with van der Waals surface area (Å²) in [5, 5.41) is 1.77. The molecular formula is C22H19N3O5S2. The smallest absolute Gasteiger partial charge is 0.289 e. The molecule has 0 spiro atoms. The molecule has 1 saturated heterocycles. The number of thiophene rings is 1. The quantitative estimate of drug-likeness (QED) is 0.439. The predicted octanol–water partition coefficient (Wildman–Crippen LogP) is 3.79. The van der Waals surface area contributed by atoms with Crippen molar-refractivity contribution in [1.29, 1.82) is 0 Å². The van der Waals surface area contributed by atoms with Gasteiger partial charge in [0.25, 0.3) is 5.91 Å². The number of hydrogen-bond acceptors (Lipinski definition) is 8. The molecule has 8 nitrogen and oxygen atoms in total. The molecule has 0 radical (unpaired) electrons. The second kappa shape index (κ2) is 8.29. The molecule has 0 bridgehead atoms. The van der Waals surface area contributed by atoms with E-state index < -0.39 is 9.84 Å². The minimum Gasteiger partial charge on any atom is -0.459 e. The van der Waals surface area contributed by atoms with E-state index in [0.717, 1.165) is 4.88 Å². The fourth-order valence-electron chi connectivity index (χ4n) is 3.56. The highest BCUT2D eigenvalue weighted by Crippen LogP contribution is 2.36. The monoisotopic (exact) mass is 469 g/mol. The minimum absolute atomic E-state index is 0.113. The molecular weight excluding hydrogens is 450 g/mol. The van der Waals surface area contributed by atoms with Crippen LogP contribution in [0.25, 0.3) is 10.8 Å². The van der Waals surface area contributed by atoms with Crippen LogP contribution in [0.2, 0.25) is 0 Å². The van der Waals surface area contributed by atoms with E-state index in [1.54, 1.807) is 47.4 Å². The standard InChI is InChI=1S/C22H19N3O5S2/c26-21(17-8-4-14-29-17)24-10-12-25(13-11-24)22-20(23-19(30-22)18-9-5-15-31-18)32(27,28)16-6-2-1-3-7-16/h1-9,14-15H,10-13H2. The molecule has 0 atom stereocenters. The number of furan rings is 1. The van der Waals surface area contributed by atoms with Gasteiger partial charge in [-0.25, -0.2) is 8.42 Å². The predicted molar refractivity (Wildman–Crippen MR) is 119 cm³/mol. The van der Waals surface area contributed by atoms with Crippen LogP contribution in [0.4, 0.5) is 5.88 Å². The van der Waals surface area contributed by atoms with Crippen LogP contribution in [-0.2, 0) is 9.84 Å². The Balaban J connectivity index is 1.47. The van der Waals surface area contributed by atoms with E-state index in [2.05, 4.69) is 4.98 Å². The Hall–Kier alpha value is -3.37. The Morgan fingerprint density at radius 1 is 0.969 bits per heavy atom. The Labute approximate surface area is 188 Å². The summed E-state index contributed by atoms with van der Waals surface area (Å²) in [5.41, 5.74) is 0. The number of oxazole rings is 1. The first kappa shape index (κ1) is 20.5. The summed E-state index contributed by atoms with van der Waals surface area (Å²) in [5.74, 6) is 0.551. The van der Waals surface area contributed by atoms with Crippen LogP contribution in [0, 0.1) is 0 Å². The average molecular weight is 470 g/mol. The van der Waals surface area contributed by atoms with E-state index in [0.29, 0.717) is 26.2 Å². The van der Waals surface area contributed by atoms with Crippen LogP contribution in [0.5, 0.6) is 0 Å². The lowest BCUT2D eigenvalue weighted by molar-refractivity contribution is 0.0713. The molecule has 1 aliphatic heterocycles. The van der Waals surface area contributed by atoms with Crippen molar-refractivity contribution in [2.24, 2.45) is 0 Å². The molecule has 1 amide bonds. The van der Waals surface area contributed by atoms with E-state index >= 15 is 0 Å². The SMILES string of the molecule is O=C(c1ccco1)N1CCN(c2oc(-c3cccs3)nc2S(=O)(=O)c2ccccc2)CC1. The van der Waals surface area contributed by atoms with Crippen LogP contribution in [0.15, 0.2) is 85.0 Å². The van der Waals surface area contributed by atoms with Gasteiger partial charge in [-0.1, -0.05) is 24.3 Å². The van der Waals surface area contributed by atoms with Crippen LogP contribution >= 0.6 is 11.3 Å². The molecule has 1 fully saturated rings. The lowest BCUT2D eigenvalue weighted by Gasteiger charge is -2.34. The van der Waals surface area contributed by atoms with Gasteiger partial charge in [0.1, 0.15) is 0 Å². The Morgan fingerprint density at radius 3 is 2.41 bits per heavy atom. The topological polar surface area (TPSA) is 96.9 Å². The summed E-state index contributed by atoms with van der Waals surface area (Å²) in [7, 11) is -3.89. The molecule has 1 aromatic carbocycles. The van der Waals surface area contributed by atoms with Crippen molar-refractivity contribution in [2.45, 2.75) is 9.92 Å². The molecule has 164 valence electrons. The van der Waals surface area contributed by atoms with Crippen molar-refractivity contribution in [3.63, 3.8) is 0 Å². The van der Waals surface area contributed by atoms with E-state index in [-0.39, 0.29) is 33.4 Å². The maximum Gasteiger partial charge on any atom is 0.289 e. The highest BCUT2D eigenvalue weighted by Gasteiger charge is 2.34. The van der Waals surface area contributed by atoms with Gasteiger partial charge in [0.2, 0.25) is 26.6 Å². The van der Waals surface area contributed by atoms with Crippen LogP contribution in [0.1, 0.15) is 10.6 Å². The molecule has 0 saturated carbocycles. The summed E-state index contributed by atoms with van der Waals surface area (Å²) >= 11 is 1.42. The van der Waals surface area contributed by atoms with Gasteiger partial charge in [-0.3, -0.25) is 4.79 Å². The molecule has 4 aromatic rings. The number of aromatic nitrogens is 1. The highest BCUT2D eigenvalue weighted by molar-refractivity contribution is 7.91. The molecule has 32 heavy (non-hydrogen) atoms. The summed E-state index contributed by atoms with van der Waals surface area (Å²) in [6.07, 6.45) is 1.46. The van der Waals surface area contributed by atoms with Crippen molar-refractivity contribution in [1.82, 2.24) is 9.88 Å². The zero-order valence-electron chi connectivity index (χ0n) is 16.9. The lowest BCUT2D eigenvalue weighted by atomic mass is 10.3. The van der Waals surface area contributed by atoms with Gasteiger partial charge in [0, 0.05) is 26.2 Å². The van der Waals surface area contributed by atoms with Crippen molar-refractivity contribution in [3.05, 3.63) is 72.0 Å². The molecule has 3 aromatic heterocycles. The first-order valence-electron chi connectivity index (χ1n) is 9.96. The van der Waals surface area contributed by atoms with E-state index in [4.69, 9.17) is 8.83 Å². The first-order chi connectivity index (χ1) is 15.5. The second-order valence-corrected chi connectivity index (χ2v) is 9.99. The Bertz CT molecular complexity index is 1310. The zero-order valence-corrected chi connectivity index (χ0v) is 18.5. The fourth-order valence-corrected chi connectivity index (χ4v) is 5.55. The lowest BCUT2D eigenvalue weighted by Crippen LogP contribution is -2.49. The fraction of sp³-hybridized carbons (Fsp3) is 0.182. The minimum atomic E-state index is -3.89. The van der Waals surface area contributed by atoms with Crippen LogP contribution < -0.4 is 4.90 Å². The van der Waals surface area contributed by atoms with Crippen molar-refractivity contribution >= 4 is 33.0 Å². The van der Waals surface area contributed by atoms with Gasteiger partial charge in [-0.05, 0) is 35.7 Å². The summed E-state index contributed by atoms with van der Waals surface area (Å²) in [6.45, 7) is 1.62. The Morgan fingerprint density at radius 2 is 1.75 bits per heavy atom. The summed E-state index contributed by atoms with van der Waals surface area (Å²) in [6, 6.07) is 15.2. The Kier molecular flexibility index (Phi) is 5.32. The van der Waals surface area contributed by atoms with Crippen molar-refractivity contribution in [2.75, 3.05) is 31.1 Å². The van der Waals surface area contributed by atoms with E-state index in [9.17, 15) is 13.2 Å². The third-order valence-corrected chi connectivity index (χ3v) is 7.73. The average Bonchev–Trinajstić information content (AvgIpc) is 3.60. The second-order valence-electron chi connectivity index (χ2n) is 7.18. The van der Waals surface area contributed by atoms with E-state index in [1.807, 2.05) is 22.4 Å². The van der Waals surface area contributed by atoms with Gasteiger partial charge in [0.15, 0.2) is 5.76 Å². The zero-order chi connectivity index (χ0) is 22.1. The number of anilines is 1. The third kappa shape index (κ3) is 3.71. The number of carbonyl (C=O) groups is 1. The normalized spacial score (nSPS) is 14.6. The molecule has 0 aliphatic carbocycles. The number of sulfone groups is 1. The number of hydrogen-bond donors (Lipinski definition) is 0. The molecule has 4 heterocycles.